The average Bonchev–Trinajstić information content (AvgIpc) is 2.89. The zero-order valence-corrected chi connectivity index (χ0v) is 17.5. The third kappa shape index (κ3) is 4.40. The molecule has 0 atom stereocenters. The molecule has 0 unspecified atom stereocenters. The molecule has 1 aliphatic rings. The summed E-state index contributed by atoms with van der Waals surface area (Å²) in [6.45, 7) is 5.30. The van der Waals surface area contributed by atoms with E-state index in [2.05, 4.69) is 26.3 Å². The maximum absolute atomic E-state index is 12.6. The number of nitrogens with one attached hydrogen (secondary N) is 1. The number of carbonyl (C=O) groups is 1. The first kappa shape index (κ1) is 20.0. The highest BCUT2D eigenvalue weighted by Gasteiger charge is 2.26. The van der Waals surface area contributed by atoms with E-state index in [-0.39, 0.29) is 17.3 Å². The molecule has 1 aromatic carbocycles. The summed E-state index contributed by atoms with van der Waals surface area (Å²) in [5, 5.41) is 7.06. The monoisotopic (exact) mass is 456 g/mol. The van der Waals surface area contributed by atoms with Crippen LogP contribution in [0.25, 0.3) is 0 Å². The topological polar surface area (TPSA) is 93.5 Å². The lowest BCUT2D eigenvalue weighted by Gasteiger charge is -2.26. The Balaban J connectivity index is 1.66. The van der Waals surface area contributed by atoms with Gasteiger partial charge >= 0.3 is 0 Å². The minimum atomic E-state index is -3.54. The summed E-state index contributed by atoms with van der Waals surface area (Å²) >= 11 is 3.43. The summed E-state index contributed by atoms with van der Waals surface area (Å²) in [6, 6.07) is 6.17. The van der Waals surface area contributed by atoms with Crippen LogP contribution in [0.4, 0.5) is 5.69 Å². The number of rotatable bonds is 5. The minimum absolute atomic E-state index is 0.0755. The predicted octanol–water partition coefficient (Wildman–Crippen LogP) is 1.92. The van der Waals surface area contributed by atoms with Crippen LogP contribution in [0.5, 0.6) is 0 Å². The lowest BCUT2D eigenvalue weighted by molar-refractivity contribution is -0.116. The van der Waals surface area contributed by atoms with Crippen molar-refractivity contribution < 1.29 is 17.9 Å². The van der Waals surface area contributed by atoms with Gasteiger partial charge in [-0.2, -0.15) is 9.40 Å². The first-order valence-electron chi connectivity index (χ1n) is 8.46. The third-order valence-corrected chi connectivity index (χ3v) is 7.39. The Morgan fingerprint density at radius 2 is 1.85 bits per heavy atom. The van der Waals surface area contributed by atoms with Gasteiger partial charge in [0.2, 0.25) is 15.9 Å². The summed E-state index contributed by atoms with van der Waals surface area (Å²) < 4.78 is 34.3. The van der Waals surface area contributed by atoms with Crippen molar-refractivity contribution in [2.24, 2.45) is 0 Å². The van der Waals surface area contributed by atoms with Crippen molar-refractivity contribution in [3.63, 3.8) is 0 Å². The number of sulfonamides is 1. The Kier molecular flexibility index (Phi) is 5.99. The van der Waals surface area contributed by atoms with Crippen molar-refractivity contribution in [3.8, 4) is 0 Å². The van der Waals surface area contributed by atoms with Gasteiger partial charge in [0.05, 0.1) is 34.0 Å². The Morgan fingerprint density at radius 3 is 2.41 bits per heavy atom. The van der Waals surface area contributed by atoms with Gasteiger partial charge in [-0.15, -0.1) is 0 Å². The standard InChI is InChI=1S/C17H21BrN4O4S/c1-12-17(18)13(2)22(20-12)11-16(23)19-14-3-5-15(6-4-14)27(24,25)21-7-9-26-10-8-21/h3-6H,7-11H2,1-2H3,(H,19,23). The van der Waals surface area contributed by atoms with Gasteiger partial charge in [0.15, 0.2) is 0 Å². The Bertz CT molecular complexity index is 935. The molecule has 1 N–H and O–H groups in total. The van der Waals surface area contributed by atoms with Crippen LogP contribution < -0.4 is 5.32 Å². The molecule has 0 radical (unpaired) electrons. The number of hydrogen-bond donors (Lipinski definition) is 1. The number of ether oxygens (including phenoxy) is 1. The van der Waals surface area contributed by atoms with E-state index in [0.717, 1.165) is 15.9 Å². The molecule has 1 aromatic heterocycles. The zero-order chi connectivity index (χ0) is 19.6. The average molecular weight is 457 g/mol. The molecule has 1 aliphatic heterocycles. The second-order valence-corrected chi connectivity index (χ2v) is 8.96. The smallest absolute Gasteiger partial charge is 0.246 e. The molecule has 0 bridgehead atoms. The van der Waals surface area contributed by atoms with Gasteiger partial charge in [0, 0.05) is 18.8 Å². The molecular weight excluding hydrogens is 436 g/mol. The number of hydrogen-bond acceptors (Lipinski definition) is 5. The normalized spacial score (nSPS) is 15.7. The quantitative estimate of drug-likeness (QED) is 0.741. The van der Waals surface area contributed by atoms with Gasteiger partial charge in [-0.05, 0) is 54.0 Å². The van der Waals surface area contributed by atoms with E-state index < -0.39 is 10.0 Å². The van der Waals surface area contributed by atoms with Gasteiger partial charge in [0.1, 0.15) is 6.54 Å². The number of aryl methyl sites for hydroxylation is 1. The first-order valence-corrected chi connectivity index (χ1v) is 10.7. The summed E-state index contributed by atoms with van der Waals surface area (Å²) in [7, 11) is -3.54. The fourth-order valence-corrected chi connectivity index (χ4v) is 4.50. The fourth-order valence-electron chi connectivity index (χ4n) is 2.81. The van der Waals surface area contributed by atoms with Crippen LogP contribution in [0.1, 0.15) is 11.4 Å². The molecule has 10 heteroatoms. The molecule has 1 fully saturated rings. The molecule has 0 aliphatic carbocycles. The van der Waals surface area contributed by atoms with Crippen molar-refractivity contribution in [3.05, 3.63) is 40.1 Å². The minimum Gasteiger partial charge on any atom is -0.379 e. The van der Waals surface area contributed by atoms with E-state index >= 15 is 0 Å². The van der Waals surface area contributed by atoms with Crippen LogP contribution in [0.15, 0.2) is 33.6 Å². The largest absolute Gasteiger partial charge is 0.379 e. The number of halogens is 1. The number of amides is 1. The highest BCUT2D eigenvalue weighted by atomic mass is 79.9. The SMILES string of the molecule is Cc1nn(CC(=O)Nc2ccc(S(=O)(=O)N3CCOCC3)cc2)c(C)c1Br. The van der Waals surface area contributed by atoms with Crippen molar-refractivity contribution in [2.75, 3.05) is 31.6 Å². The zero-order valence-electron chi connectivity index (χ0n) is 15.1. The molecule has 146 valence electrons. The number of carbonyl (C=O) groups excluding carboxylic acids is 1. The molecule has 2 heterocycles. The van der Waals surface area contributed by atoms with Crippen LogP contribution in [0.2, 0.25) is 0 Å². The van der Waals surface area contributed by atoms with Gasteiger partial charge in [-0.1, -0.05) is 0 Å². The van der Waals surface area contributed by atoms with E-state index in [0.29, 0.717) is 32.0 Å². The maximum atomic E-state index is 12.6. The van der Waals surface area contributed by atoms with Crippen molar-refractivity contribution in [1.29, 1.82) is 0 Å². The number of aromatic nitrogens is 2. The summed E-state index contributed by atoms with van der Waals surface area (Å²) in [4.78, 5) is 12.5. The molecular formula is C17H21BrN4O4S. The fraction of sp³-hybridized carbons (Fsp3) is 0.412. The molecule has 0 saturated carbocycles. The number of benzene rings is 1. The van der Waals surface area contributed by atoms with Crippen molar-refractivity contribution >= 4 is 37.5 Å². The highest BCUT2D eigenvalue weighted by Crippen LogP contribution is 2.21. The molecule has 8 nitrogen and oxygen atoms in total. The van der Waals surface area contributed by atoms with E-state index in [4.69, 9.17) is 4.74 Å². The first-order chi connectivity index (χ1) is 12.8. The van der Waals surface area contributed by atoms with E-state index in [1.54, 1.807) is 16.8 Å². The van der Waals surface area contributed by atoms with Gasteiger partial charge in [0.25, 0.3) is 0 Å². The Hall–Kier alpha value is -1.75. The second kappa shape index (κ2) is 8.09. The van der Waals surface area contributed by atoms with Crippen LogP contribution in [0.3, 0.4) is 0 Å². The third-order valence-electron chi connectivity index (χ3n) is 4.33. The Labute approximate surface area is 166 Å². The summed E-state index contributed by atoms with van der Waals surface area (Å²) in [5.41, 5.74) is 2.22. The van der Waals surface area contributed by atoms with Crippen molar-refractivity contribution in [2.45, 2.75) is 25.3 Å². The van der Waals surface area contributed by atoms with E-state index in [9.17, 15) is 13.2 Å². The molecule has 1 saturated heterocycles. The Morgan fingerprint density at radius 1 is 1.22 bits per heavy atom. The maximum Gasteiger partial charge on any atom is 0.246 e. The summed E-state index contributed by atoms with van der Waals surface area (Å²) in [5.74, 6) is -0.239. The summed E-state index contributed by atoms with van der Waals surface area (Å²) in [6.07, 6.45) is 0. The molecule has 1 amide bonds. The van der Waals surface area contributed by atoms with Gasteiger partial charge < -0.3 is 10.1 Å². The van der Waals surface area contributed by atoms with Crippen LogP contribution in [-0.4, -0.2) is 54.7 Å². The van der Waals surface area contributed by atoms with Crippen LogP contribution in [-0.2, 0) is 26.1 Å². The van der Waals surface area contributed by atoms with Crippen LogP contribution >= 0.6 is 15.9 Å². The lowest BCUT2D eigenvalue weighted by atomic mass is 10.3. The molecule has 0 spiro atoms. The molecule has 2 aromatic rings. The second-order valence-electron chi connectivity index (χ2n) is 6.23. The highest BCUT2D eigenvalue weighted by molar-refractivity contribution is 9.10. The van der Waals surface area contributed by atoms with Crippen LogP contribution in [0, 0.1) is 13.8 Å². The number of anilines is 1. The van der Waals surface area contributed by atoms with E-state index in [1.807, 2.05) is 13.8 Å². The van der Waals surface area contributed by atoms with Gasteiger partial charge in [-0.25, -0.2) is 8.42 Å². The predicted molar refractivity (Wildman–Crippen MR) is 104 cm³/mol. The number of morpholine rings is 1. The van der Waals surface area contributed by atoms with Gasteiger partial charge in [-0.3, -0.25) is 9.48 Å². The lowest BCUT2D eigenvalue weighted by Crippen LogP contribution is -2.40. The van der Waals surface area contributed by atoms with E-state index in [1.165, 1.54) is 16.4 Å². The van der Waals surface area contributed by atoms with Crippen molar-refractivity contribution in [1.82, 2.24) is 14.1 Å². The molecule has 27 heavy (non-hydrogen) atoms. The number of nitrogens with zero attached hydrogens (tertiary/aromatic N) is 3. The molecule has 3 rings (SSSR count).